The van der Waals surface area contributed by atoms with Crippen LogP contribution in [-0.2, 0) is 0 Å². The van der Waals surface area contributed by atoms with Crippen LogP contribution in [0.1, 0.15) is 19.3 Å². The second kappa shape index (κ2) is 4.84. The Labute approximate surface area is 91.3 Å². The number of rotatable bonds is 2. The summed E-state index contributed by atoms with van der Waals surface area (Å²) in [6, 6.07) is 10.9. The second-order valence-corrected chi connectivity index (χ2v) is 4.02. The van der Waals surface area contributed by atoms with E-state index in [1.807, 2.05) is 6.07 Å². The summed E-state index contributed by atoms with van der Waals surface area (Å²) in [5, 5.41) is 0. The number of nitrogens with zero attached hydrogens (tertiary/aromatic N) is 2. The van der Waals surface area contributed by atoms with Crippen LogP contribution >= 0.6 is 0 Å². The zero-order chi connectivity index (χ0) is 10.5. The van der Waals surface area contributed by atoms with E-state index in [0.29, 0.717) is 12.6 Å². The molecule has 0 bridgehead atoms. The predicted octanol–water partition coefficient (Wildman–Crippen LogP) is 2.96. The molecule has 2 heteroatoms. The summed E-state index contributed by atoms with van der Waals surface area (Å²) in [6.45, 7) is 8.72. The van der Waals surface area contributed by atoms with Crippen LogP contribution in [0, 0.1) is 6.57 Å². The van der Waals surface area contributed by atoms with Crippen LogP contribution in [-0.4, -0.2) is 19.1 Å². The fourth-order valence-corrected chi connectivity index (χ4v) is 2.26. The van der Waals surface area contributed by atoms with E-state index in [4.69, 9.17) is 6.57 Å². The van der Waals surface area contributed by atoms with Gasteiger partial charge < -0.3 is 9.74 Å². The van der Waals surface area contributed by atoms with E-state index in [0.717, 1.165) is 13.0 Å². The second-order valence-electron chi connectivity index (χ2n) is 4.02. The first kappa shape index (κ1) is 10.0. The van der Waals surface area contributed by atoms with E-state index >= 15 is 0 Å². The van der Waals surface area contributed by atoms with Crippen LogP contribution in [0.2, 0.25) is 0 Å². The first-order valence-electron chi connectivity index (χ1n) is 5.57. The minimum absolute atomic E-state index is 0.429. The third-order valence-corrected chi connectivity index (χ3v) is 3.02. The zero-order valence-corrected chi connectivity index (χ0v) is 8.89. The first-order valence-corrected chi connectivity index (χ1v) is 5.57. The van der Waals surface area contributed by atoms with Crippen LogP contribution in [0.4, 0.5) is 5.69 Å². The molecule has 0 aliphatic carbocycles. The molecule has 0 spiro atoms. The van der Waals surface area contributed by atoms with Crippen molar-refractivity contribution in [2.75, 3.05) is 18.0 Å². The Kier molecular flexibility index (Phi) is 3.24. The average molecular weight is 200 g/mol. The number of benzene rings is 1. The lowest BCUT2D eigenvalue weighted by Crippen LogP contribution is -2.41. The molecule has 1 atom stereocenters. The normalized spacial score (nSPS) is 21.0. The molecule has 1 fully saturated rings. The Morgan fingerprint density at radius 1 is 1.27 bits per heavy atom. The van der Waals surface area contributed by atoms with Gasteiger partial charge in [0.05, 0.1) is 0 Å². The van der Waals surface area contributed by atoms with Crippen molar-refractivity contribution in [3.05, 3.63) is 41.7 Å². The smallest absolute Gasteiger partial charge is 0.234 e. The maximum atomic E-state index is 6.99. The van der Waals surface area contributed by atoms with Gasteiger partial charge in [-0.3, -0.25) is 0 Å². The fourth-order valence-electron chi connectivity index (χ4n) is 2.26. The minimum atomic E-state index is 0.429. The van der Waals surface area contributed by atoms with Crippen LogP contribution in [0.15, 0.2) is 30.3 Å². The molecule has 2 nitrogen and oxygen atoms in total. The molecule has 1 heterocycles. The van der Waals surface area contributed by atoms with Gasteiger partial charge in [0.25, 0.3) is 0 Å². The van der Waals surface area contributed by atoms with Crippen molar-refractivity contribution in [3.8, 4) is 0 Å². The highest BCUT2D eigenvalue weighted by Gasteiger charge is 2.24. The molecule has 1 aromatic carbocycles. The maximum Gasteiger partial charge on any atom is 0.234 e. The maximum absolute atomic E-state index is 6.99. The van der Waals surface area contributed by atoms with Crippen molar-refractivity contribution >= 4 is 5.69 Å². The SMILES string of the molecule is [C-]#[N+]CC1CCCCN1c1ccccc1. The van der Waals surface area contributed by atoms with Gasteiger partial charge in [0.1, 0.15) is 6.04 Å². The highest BCUT2D eigenvalue weighted by Crippen LogP contribution is 2.24. The average Bonchev–Trinajstić information content (AvgIpc) is 2.31. The van der Waals surface area contributed by atoms with Gasteiger partial charge in [-0.15, -0.1) is 0 Å². The summed E-state index contributed by atoms with van der Waals surface area (Å²) in [5.41, 5.74) is 1.27. The highest BCUT2D eigenvalue weighted by molar-refractivity contribution is 5.47. The number of piperidine rings is 1. The molecule has 0 aromatic heterocycles. The molecular weight excluding hydrogens is 184 g/mol. The minimum Gasteiger partial charge on any atom is -0.361 e. The molecule has 0 N–H and O–H groups in total. The van der Waals surface area contributed by atoms with E-state index in [-0.39, 0.29) is 0 Å². The fraction of sp³-hybridized carbons (Fsp3) is 0.462. The summed E-state index contributed by atoms with van der Waals surface area (Å²) in [6.07, 6.45) is 3.68. The third kappa shape index (κ3) is 2.30. The Hall–Kier alpha value is -1.49. The van der Waals surface area contributed by atoms with Gasteiger partial charge in [-0.25, -0.2) is 6.57 Å². The molecule has 1 saturated heterocycles. The lowest BCUT2D eigenvalue weighted by molar-refractivity contribution is 0.478. The van der Waals surface area contributed by atoms with Gasteiger partial charge in [0.15, 0.2) is 0 Å². The van der Waals surface area contributed by atoms with Crippen molar-refractivity contribution in [2.24, 2.45) is 0 Å². The summed E-state index contributed by atoms with van der Waals surface area (Å²) in [5.74, 6) is 0. The van der Waals surface area contributed by atoms with Gasteiger partial charge in [0, 0.05) is 12.2 Å². The number of hydrogen-bond acceptors (Lipinski definition) is 1. The van der Waals surface area contributed by atoms with Crippen LogP contribution in [0.3, 0.4) is 0 Å². The topological polar surface area (TPSA) is 7.60 Å². The molecule has 0 saturated carbocycles. The Morgan fingerprint density at radius 2 is 2.07 bits per heavy atom. The molecule has 0 amide bonds. The van der Waals surface area contributed by atoms with Gasteiger partial charge in [0.2, 0.25) is 6.54 Å². The van der Waals surface area contributed by atoms with E-state index in [2.05, 4.69) is 34.0 Å². The van der Waals surface area contributed by atoms with Crippen molar-refractivity contribution in [2.45, 2.75) is 25.3 Å². The summed E-state index contributed by atoms with van der Waals surface area (Å²) < 4.78 is 0. The van der Waals surface area contributed by atoms with E-state index < -0.39 is 0 Å². The molecule has 1 aliphatic rings. The molecule has 1 aliphatic heterocycles. The van der Waals surface area contributed by atoms with Gasteiger partial charge in [-0.1, -0.05) is 18.2 Å². The van der Waals surface area contributed by atoms with E-state index in [9.17, 15) is 0 Å². The first-order chi connectivity index (χ1) is 7.42. The molecule has 15 heavy (non-hydrogen) atoms. The number of anilines is 1. The van der Waals surface area contributed by atoms with Crippen LogP contribution in [0.25, 0.3) is 4.85 Å². The summed E-state index contributed by atoms with van der Waals surface area (Å²) >= 11 is 0. The molecular formula is C13H16N2. The van der Waals surface area contributed by atoms with E-state index in [1.165, 1.54) is 18.5 Å². The highest BCUT2D eigenvalue weighted by atomic mass is 15.2. The van der Waals surface area contributed by atoms with Crippen molar-refractivity contribution in [1.29, 1.82) is 0 Å². The van der Waals surface area contributed by atoms with Crippen LogP contribution < -0.4 is 4.90 Å². The Bertz CT molecular complexity index is 339. The molecule has 0 radical (unpaired) electrons. The quantitative estimate of drug-likeness (QED) is 0.666. The van der Waals surface area contributed by atoms with Crippen molar-refractivity contribution < 1.29 is 0 Å². The van der Waals surface area contributed by atoms with Gasteiger partial charge in [-0.05, 0) is 31.4 Å². The summed E-state index contributed by atoms with van der Waals surface area (Å²) in [4.78, 5) is 5.93. The van der Waals surface area contributed by atoms with E-state index in [1.54, 1.807) is 0 Å². The molecule has 78 valence electrons. The van der Waals surface area contributed by atoms with Crippen molar-refractivity contribution in [3.63, 3.8) is 0 Å². The third-order valence-electron chi connectivity index (χ3n) is 3.02. The number of hydrogen-bond donors (Lipinski definition) is 0. The van der Waals surface area contributed by atoms with Gasteiger partial charge >= 0.3 is 0 Å². The molecule has 2 rings (SSSR count). The largest absolute Gasteiger partial charge is 0.361 e. The Morgan fingerprint density at radius 3 is 2.80 bits per heavy atom. The lowest BCUT2D eigenvalue weighted by Gasteiger charge is -2.34. The predicted molar refractivity (Wildman–Crippen MR) is 62.9 cm³/mol. The Balaban J connectivity index is 2.15. The molecule has 1 unspecified atom stereocenters. The standard InChI is InChI=1S/C13H16N2/c1-14-11-13-9-5-6-10-15(13)12-7-3-2-4-8-12/h2-4,7-8,13H,5-6,9-11H2. The monoisotopic (exact) mass is 200 g/mol. The van der Waals surface area contributed by atoms with Crippen LogP contribution in [0.5, 0.6) is 0 Å². The van der Waals surface area contributed by atoms with Crippen molar-refractivity contribution in [1.82, 2.24) is 0 Å². The number of para-hydroxylation sites is 1. The summed E-state index contributed by atoms with van der Waals surface area (Å²) in [7, 11) is 0. The zero-order valence-electron chi connectivity index (χ0n) is 8.89. The molecule has 1 aromatic rings. The van der Waals surface area contributed by atoms with Gasteiger partial charge in [-0.2, -0.15) is 0 Å². The lowest BCUT2D eigenvalue weighted by atomic mass is 10.0.